The van der Waals surface area contributed by atoms with Gasteiger partial charge in [0, 0.05) is 5.56 Å². The van der Waals surface area contributed by atoms with Crippen LogP contribution in [0.25, 0.3) is 0 Å². The molecule has 0 saturated carbocycles. The zero-order chi connectivity index (χ0) is 13.5. The molecule has 1 aromatic carbocycles. The van der Waals surface area contributed by atoms with Crippen LogP contribution in [0.15, 0.2) is 18.2 Å². The van der Waals surface area contributed by atoms with Crippen LogP contribution in [0.5, 0.6) is 0 Å². The van der Waals surface area contributed by atoms with Crippen molar-refractivity contribution in [2.75, 3.05) is 0 Å². The number of halogens is 1. The molecule has 2 nitrogen and oxygen atoms in total. The first-order chi connectivity index (χ1) is 8.63. The predicted molar refractivity (Wildman–Crippen MR) is 74.5 cm³/mol. The standard InChI is InChI=1S/C15H25FN2/c1-4-6-12(7-5-2)15(18-17)13-10-11(3)8-9-14(13)16/h8-10,12,15,18H,4-7,17H2,1-3H3. The van der Waals surface area contributed by atoms with Crippen LogP contribution in [-0.4, -0.2) is 0 Å². The number of rotatable bonds is 7. The van der Waals surface area contributed by atoms with E-state index in [1.807, 2.05) is 13.0 Å². The van der Waals surface area contributed by atoms with Gasteiger partial charge in [-0.15, -0.1) is 0 Å². The Morgan fingerprint density at radius 2 is 1.83 bits per heavy atom. The Kier molecular flexibility index (Phi) is 6.30. The van der Waals surface area contributed by atoms with Crippen LogP contribution in [0.4, 0.5) is 4.39 Å². The van der Waals surface area contributed by atoms with Crippen molar-refractivity contribution in [3.63, 3.8) is 0 Å². The molecule has 0 heterocycles. The summed E-state index contributed by atoms with van der Waals surface area (Å²) in [5.74, 6) is 5.89. The first-order valence-corrected chi connectivity index (χ1v) is 6.86. The summed E-state index contributed by atoms with van der Waals surface area (Å²) in [6, 6.07) is 5.13. The molecule has 3 N–H and O–H groups in total. The molecule has 0 fully saturated rings. The van der Waals surface area contributed by atoms with E-state index in [0.29, 0.717) is 11.5 Å². The summed E-state index contributed by atoms with van der Waals surface area (Å²) in [4.78, 5) is 0. The minimum atomic E-state index is -0.166. The van der Waals surface area contributed by atoms with E-state index < -0.39 is 0 Å². The number of hydrogen-bond acceptors (Lipinski definition) is 2. The predicted octanol–water partition coefficient (Wildman–Crippen LogP) is 3.85. The lowest BCUT2D eigenvalue weighted by molar-refractivity contribution is 0.312. The molecule has 1 unspecified atom stereocenters. The van der Waals surface area contributed by atoms with Gasteiger partial charge in [0.05, 0.1) is 6.04 Å². The lowest BCUT2D eigenvalue weighted by Crippen LogP contribution is -2.34. The zero-order valence-corrected chi connectivity index (χ0v) is 11.7. The second kappa shape index (κ2) is 7.49. The summed E-state index contributed by atoms with van der Waals surface area (Å²) in [6.07, 6.45) is 4.32. The molecule has 0 bridgehead atoms. The van der Waals surface area contributed by atoms with Crippen molar-refractivity contribution < 1.29 is 4.39 Å². The maximum atomic E-state index is 14.0. The molecule has 102 valence electrons. The molecule has 0 aliphatic heterocycles. The molecule has 0 aliphatic carbocycles. The fraction of sp³-hybridized carbons (Fsp3) is 0.600. The van der Waals surface area contributed by atoms with E-state index in [1.165, 1.54) is 6.07 Å². The maximum absolute atomic E-state index is 14.0. The van der Waals surface area contributed by atoms with Crippen molar-refractivity contribution in [3.8, 4) is 0 Å². The molecule has 0 saturated heterocycles. The van der Waals surface area contributed by atoms with Gasteiger partial charge < -0.3 is 0 Å². The fourth-order valence-corrected chi connectivity index (χ4v) is 2.60. The van der Waals surface area contributed by atoms with Gasteiger partial charge in [0.25, 0.3) is 0 Å². The second-order valence-electron chi connectivity index (χ2n) is 5.01. The van der Waals surface area contributed by atoms with E-state index in [-0.39, 0.29) is 11.9 Å². The Morgan fingerprint density at radius 1 is 1.22 bits per heavy atom. The molecule has 1 rings (SSSR count). The zero-order valence-electron chi connectivity index (χ0n) is 11.7. The highest BCUT2D eigenvalue weighted by Crippen LogP contribution is 2.31. The first kappa shape index (κ1) is 15.1. The normalized spacial score (nSPS) is 13.0. The third kappa shape index (κ3) is 3.79. The first-order valence-electron chi connectivity index (χ1n) is 6.86. The summed E-state index contributed by atoms with van der Waals surface area (Å²) >= 11 is 0. The van der Waals surface area contributed by atoms with E-state index in [9.17, 15) is 4.39 Å². The maximum Gasteiger partial charge on any atom is 0.128 e. The molecular weight excluding hydrogens is 227 g/mol. The molecule has 0 spiro atoms. The van der Waals surface area contributed by atoms with E-state index in [1.54, 1.807) is 6.07 Å². The Balaban J connectivity index is 3.01. The third-order valence-electron chi connectivity index (χ3n) is 3.46. The SMILES string of the molecule is CCCC(CCC)C(NN)c1cc(C)ccc1F. The van der Waals surface area contributed by atoms with Crippen molar-refractivity contribution in [2.45, 2.75) is 52.5 Å². The summed E-state index contributed by atoms with van der Waals surface area (Å²) in [5, 5.41) is 0. The van der Waals surface area contributed by atoms with Crippen molar-refractivity contribution in [1.29, 1.82) is 0 Å². The summed E-state index contributed by atoms with van der Waals surface area (Å²) < 4.78 is 14.0. The number of benzene rings is 1. The van der Waals surface area contributed by atoms with E-state index in [4.69, 9.17) is 5.84 Å². The number of nitrogens with one attached hydrogen (secondary N) is 1. The summed E-state index contributed by atoms with van der Waals surface area (Å²) in [5.41, 5.74) is 4.58. The van der Waals surface area contributed by atoms with Crippen LogP contribution in [0.2, 0.25) is 0 Å². The van der Waals surface area contributed by atoms with Crippen LogP contribution in [0.1, 0.15) is 56.7 Å². The average Bonchev–Trinajstić information content (AvgIpc) is 2.35. The van der Waals surface area contributed by atoms with Crippen molar-refractivity contribution in [1.82, 2.24) is 5.43 Å². The minimum Gasteiger partial charge on any atom is -0.271 e. The van der Waals surface area contributed by atoms with Gasteiger partial charge in [-0.05, 0) is 31.7 Å². The topological polar surface area (TPSA) is 38.0 Å². The average molecular weight is 252 g/mol. The molecule has 1 atom stereocenters. The highest BCUT2D eigenvalue weighted by atomic mass is 19.1. The molecule has 0 radical (unpaired) electrons. The van der Waals surface area contributed by atoms with Crippen LogP contribution >= 0.6 is 0 Å². The van der Waals surface area contributed by atoms with Crippen molar-refractivity contribution in [3.05, 3.63) is 35.1 Å². The van der Waals surface area contributed by atoms with Gasteiger partial charge in [-0.1, -0.05) is 44.4 Å². The molecular formula is C15H25FN2. The number of hydrazine groups is 1. The van der Waals surface area contributed by atoms with E-state index in [0.717, 1.165) is 31.2 Å². The van der Waals surface area contributed by atoms with Gasteiger partial charge in [0.15, 0.2) is 0 Å². The Labute approximate surface area is 110 Å². The van der Waals surface area contributed by atoms with Gasteiger partial charge >= 0.3 is 0 Å². The summed E-state index contributed by atoms with van der Waals surface area (Å²) in [7, 11) is 0. The number of hydrogen-bond donors (Lipinski definition) is 2. The molecule has 3 heteroatoms. The fourth-order valence-electron chi connectivity index (χ4n) is 2.60. The monoisotopic (exact) mass is 252 g/mol. The van der Waals surface area contributed by atoms with Crippen LogP contribution in [0.3, 0.4) is 0 Å². The summed E-state index contributed by atoms with van der Waals surface area (Å²) in [6.45, 7) is 6.29. The van der Waals surface area contributed by atoms with Gasteiger partial charge in [-0.25, -0.2) is 4.39 Å². The Bertz CT molecular complexity index is 360. The quantitative estimate of drug-likeness (QED) is 0.571. The lowest BCUT2D eigenvalue weighted by Gasteiger charge is -2.27. The molecule has 18 heavy (non-hydrogen) atoms. The van der Waals surface area contributed by atoms with Crippen LogP contribution in [-0.2, 0) is 0 Å². The molecule has 1 aromatic rings. The van der Waals surface area contributed by atoms with Crippen molar-refractivity contribution >= 4 is 0 Å². The highest BCUT2D eigenvalue weighted by Gasteiger charge is 2.23. The van der Waals surface area contributed by atoms with E-state index >= 15 is 0 Å². The molecule has 0 aromatic heterocycles. The van der Waals surface area contributed by atoms with Crippen LogP contribution in [0, 0.1) is 18.7 Å². The number of nitrogens with two attached hydrogens (primary N) is 1. The van der Waals surface area contributed by atoms with Crippen LogP contribution < -0.4 is 11.3 Å². The third-order valence-corrected chi connectivity index (χ3v) is 3.46. The van der Waals surface area contributed by atoms with Gasteiger partial charge in [-0.2, -0.15) is 0 Å². The lowest BCUT2D eigenvalue weighted by atomic mass is 9.86. The molecule has 0 amide bonds. The number of aryl methyl sites for hydroxylation is 1. The van der Waals surface area contributed by atoms with E-state index in [2.05, 4.69) is 19.3 Å². The van der Waals surface area contributed by atoms with Crippen molar-refractivity contribution in [2.24, 2.45) is 11.8 Å². The largest absolute Gasteiger partial charge is 0.271 e. The highest BCUT2D eigenvalue weighted by molar-refractivity contribution is 5.27. The Morgan fingerprint density at radius 3 is 2.33 bits per heavy atom. The smallest absolute Gasteiger partial charge is 0.128 e. The molecule has 0 aliphatic rings. The van der Waals surface area contributed by atoms with Gasteiger partial charge in [0.1, 0.15) is 5.82 Å². The second-order valence-corrected chi connectivity index (χ2v) is 5.01. The minimum absolute atomic E-state index is 0.0928. The van der Waals surface area contributed by atoms with Gasteiger partial charge in [-0.3, -0.25) is 11.3 Å². The van der Waals surface area contributed by atoms with Gasteiger partial charge in [0.2, 0.25) is 0 Å². The Hall–Kier alpha value is -0.930.